The van der Waals surface area contributed by atoms with Crippen LogP contribution < -0.4 is 5.32 Å². The van der Waals surface area contributed by atoms with Crippen LogP contribution >= 0.6 is 0 Å². The Kier molecular flexibility index (Phi) is 3.28. The minimum atomic E-state index is -1.61. The van der Waals surface area contributed by atoms with Gasteiger partial charge in [-0.05, 0) is 43.3 Å². The fourth-order valence-corrected chi connectivity index (χ4v) is 3.83. The number of halogens is 1. The molecule has 0 spiro atoms. The van der Waals surface area contributed by atoms with Crippen molar-refractivity contribution in [2.24, 2.45) is 0 Å². The highest BCUT2D eigenvalue weighted by atomic mass is 32.2. The second-order valence-corrected chi connectivity index (χ2v) is 6.60. The van der Waals surface area contributed by atoms with Gasteiger partial charge in [-0.2, -0.15) is 4.39 Å². The summed E-state index contributed by atoms with van der Waals surface area (Å²) in [4.78, 5) is 4.15. The van der Waals surface area contributed by atoms with Gasteiger partial charge in [-0.25, -0.2) is 9.19 Å². The largest absolute Gasteiger partial charge is 0.459 e. The standard InChI is InChI=1S/C16H13FN2O2S/c17-16-15(2-1-6-19-16)22(20)10-3-4-11-12-5-7-18-9-14(12)21-13(11)8-10/h1-4,6,8,18H,5,7,9H2. The summed E-state index contributed by atoms with van der Waals surface area (Å²) in [6.45, 7) is 1.63. The normalized spacial score (nSPS) is 15.7. The molecule has 0 amide bonds. The number of furan rings is 1. The van der Waals surface area contributed by atoms with E-state index < -0.39 is 16.7 Å². The van der Waals surface area contributed by atoms with Crippen LogP contribution in [0.2, 0.25) is 0 Å². The maximum atomic E-state index is 13.7. The van der Waals surface area contributed by atoms with E-state index in [0.717, 1.165) is 24.1 Å². The molecule has 4 nitrogen and oxygen atoms in total. The van der Waals surface area contributed by atoms with Gasteiger partial charge in [-0.1, -0.05) is 0 Å². The third-order valence-corrected chi connectivity index (χ3v) is 5.21. The molecular weight excluding hydrogens is 303 g/mol. The summed E-state index contributed by atoms with van der Waals surface area (Å²) in [7, 11) is -1.61. The Bertz CT molecular complexity index is 891. The molecule has 0 aliphatic carbocycles. The Hall–Kier alpha value is -2.05. The summed E-state index contributed by atoms with van der Waals surface area (Å²) in [6, 6.07) is 8.47. The molecule has 0 saturated heterocycles. The highest BCUT2D eigenvalue weighted by molar-refractivity contribution is 7.85. The van der Waals surface area contributed by atoms with Gasteiger partial charge in [0.2, 0.25) is 5.95 Å². The number of rotatable bonds is 2. The summed E-state index contributed by atoms with van der Waals surface area (Å²) in [5, 5.41) is 4.31. The van der Waals surface area contributed by atoms with Gasteiger partial charge >= 0.3 is 0 Å². The molecule has 0 fully saturated rings. The van der Waals surface area contributed by atoms with E-state index in [2.05, 4.69) is 10.3 Å². The molecule has 6 heteroatoms. The lowest BCUT2D eigenvalue weighted by Gasteiger charge is -2.10. The highest BCUT2D eigenvalue weighted by Gasteiger charge is 2.19. The summed E-state index contributed by atoms with van der Waals surface area (Å²) in [6.07, 6.45) is 2.26. The minimum absolute atomic E-state index is 0.0832. The summed E-state index contributed by atoms with van der Waals surface area (Å²) >= 11 is 0. The van der Waals surface area contributed by atoms with Gasteiger partial charge < -0.3 is 9.73 Å². The Labute approximate surface area is 128 Å². The van der Waals surface area contributed by atoms with Gasteiger partial charge in [0.1, 0.15) is 11.3 Å². The maximum Gasteiger partial charge on any atom is 0.229 e. The summed E-state index contributed by atoms with van der Waals surface area (Å²) < 4.78 is 32.1. The van der Waals surface area contributed by atoms with Crippen LogP contribution in [0, 0.1) is 5.95 Å². The first-order valence-electron chi connectivity index (χ1n) is 7.01. The number of hydrogen-bond acceptors (Lipinski definition) is 4. The van der Waals surface area contributed by atoms with Crippen molar-refractivity contribution in [2.75, 3.05) is 6.54 Å². The molecule has 4 rings (SSSR count). The van der Waals surface area contributed by atoms with E-state index in [-0.39, 0.29) is 4.90 Å². The second-order valence-electron chi connectivity index (χ2n) is 5.15. The first-order chi connectivity index (χ1) is 10.7. The fourth-order valence-electron chi connectivity index (χ4n) is 2.76. The molecule has 1 aliphatic heterocycles. The molecule has 112 valence electrons. The van der Waals surface area contributed by atoms with E-state index in [1.807, 2.05) is 6.07 Å². The lowest BCUT2D eigenvalue weighted by molar-refractivity contribution is 0.488. The molecule has 3 aromatic rings. The fraction of sp³-hybridized carbons (Fsp3) is 0.188. The van der Waals surface area contributed by atoms with Crippen molar-refractivity contribution < 1.29 is 13.0 Å². The van der Waals surface area contributed by atoms with Gasteiger partial charge in [0, 0.05) is 22.0 Å². The number of benzene rings is 1. The van der Waals surface area contributed by atoms with Crippen LogP contribution in [0.25, 0.3) is 11.0 Å². The quantitative estimate of drug-likeness (QED) is 0.739. The maximum absolute atomic E-state index is 13.7. The third kappa shape index (κ3) is 2.15. The Balaban J connectivity index is 1.80. The number of pyridine rings is 1. The Morgan fingerprint density at radius 3 is 3.09 bits per heavy atom. The van der Waals surface area contributed by atoms with E-state index in [0.29, 0.717) is 17.0 Å². The number of fused-ring (bicyclic) bond motifs is 3. The number of hydrogen-bond donors (Lipinski definition) is 1. The lowest BCUT2D eigenvalue weighted by atomic mass is 10.1. The predicted octanol–water partition coefficient (Wildman–Crippen LogP) is 2.78. The first-order valence-corrected chi connectivity index (χ1v) is 8.16. The van der Waals surface area contributed by atoms with Crippen LogP contribution in [0.1, 0.15) is 11.3 Å². The number of nitrogens with zero attached hydrogens (tertiary/aromatic N) is 1. The number of aromatic nitrogens is 1. The van der Waals surface area contributed by atoms with Gasteiger partial charge in [0.15, 0.2) is 0 Å². The lowest BCUT2D eigenvalue weighted by Crippen LogP contribution is -2.22. The van der Waals surface area contributed by atoms with E-state index in [4.69, 9.17) is 4.42 Å². The van der Waals surface area contributed by atoms with Gasteiger partial charge in [0.05, 0.1) is 22.2 Å². The highest BCUT2D eigenvalue weighted by Crippen LogP contribution is 2.30. The molecule has 1 aliphatic rings. The van der Waals surface area contributed by atoms with E-state index in [1.165, 1.54) is 17.8 Å². The van der Waals surface area contributed by atoms with Crippen molar-refractivity contribution >= 4 is 21.8 Å². The van der Waals surface area contributed by atoms with E-state index >= 15 is 0 Å². The zero-order chi connectivity index (χ0) is 15.1. The third-order valence-electron chi connectivity index (χ3n) is 3.82. The first kappa shape index (κ1) is 13.6. The van der Waals surface area contributed by atoms with E-state index in [9.17, 15) is 8.60 Å². The SMILES string of the molecule is O=S(c1ccc2c3c(oc2c1)CNCC3)c1cccnc1F. The summed E-state index contributed by atoms with van der Waals surface area (Å²) in [5.74, 6) is 0.223. The average Bonchev–Trinajstić information content (AvgIpc) is 2.92. The van der Waals surface area contributed by atoms with Crippen LogP contribution in [0.5, 0.6) is 0 Å². The zero-order valence-electron chi connectivity index (χ0n) is 11.6. The smallest absolute Gasteiger partial charge is 0.229 e. The molecule has 1 aromatic carbocycles. The topological polar surface area (TPSA) is 55.1 Å². The molecule has 0 radical (unpaired) electrons. The monoisotopic (exact) mass is 316 g/mol. The molecule has 22 heavy (non-hydrogen) atoms. The van der Waals surface area contributed by atoms with Crippen LogP contribution in [0.15, 0.2) is 50.7 Å². The molecule has 2 aromatic heterocycles. The van der Waals surface area contributed by atoms with Gasteiger partial charge in [-0.3, -0.25) is 0 Å². The van der Waals surface area contributed by atoms with Crippen molar-refractivity contribution in [2.45, 2.75) is 22.8 Å². The second kappa shape index (κ2) is 5.30. The molecule has 3 heterocycles. The van der Waals surface area contributed by atoms with Crippen LogP contribution in [0.3, 0.4) is 0 Å². The van der Waals surface area contributed by atoms with Crippen LogP contribution in [-0.4, -0.2) is 15.7 Å². The van der Waals surface area contributed by atoms with Crippen molar-refractivity contribution in [1.82, 2.24) is 10.3 Å². The van der Waals surface area contributed by atoms with Crippen molar-refractivity contribution in [1.29, 1.82) is 0 Å². The molecule has 1 atom stereocenters. The Morgan fingerprint density at radius 1 is 1.32 bits per heavy atom. The van der Waals surface area contributed by atoms with E-state index in [1.54, 1.807) is 18.2 Å². The predicted molar refractivity (Wildman–Crippen MR) is 80.5 cm³/mol. The number of nitrogens with one attached hydrogen (secondary N) is 1. The molecule has 1 N–H and O–H groups in total. The van der Waals surface area contributed by atoms with Crippen LogP contribution in [-0.2, 0) is 23.8 Å². The van der Waals surface area contributed by atoms with Crippen molar-refractivity contribution in [3.63, 3.8) is 0 Å². The van der Waals surface area contributed by atoms with Crippen molar-refractivity contribution in [3.05, 3.63) is 53.8 Å². The molecule has 1 unspecified atom stereocenters. The minimum Gasteiger partial charge on any atom is -0.459 e. The summed E-state index contributed by atoms with van der Waals surface area (Å²) in [5.41, 5.74) is 1.91. The molecule has 0 bridgehead atoms. The zero-order valence-corrected chi connectivity index (χ0v) is 12.5. The van der Waals surface area contributed by atoms with Gasteiger partial charge in [-0.15, -0.1) is 0 Å². The van der Waals surface area contributed by atoms with Gasteiger partial charge in [0.25, 0.3) is 0 Å². The molecular formula is C16H13FN2O2S. The van der Waals surface area contributed by atoms with Crippen LogP contribution in [0.4, 0.5) is 4.39 Å². The average molecular weight is 316 g/mol. The van der Waals surface area contributed by atoms with Crippen molar-refractivity contribution in [3.8, 4) is 0 Å². The Morgan fingerprint density at radius 2 is 2.23 bits per heavy atom. The molecule has 0 saturated carbocycles.